The summed E-state index contributed by atoms with van der Waals surface area (Å²) < 4.78 is 15.1. The summed E-state index contributed by atoms with van der Waals surface area (Å²) in [7, 11) is 1.20. The molecule has 0 N–H and O–H groups in total. The number of amides is 2. The topological polar surface area (TPSA) is 82.1 Å². The zero-order valence-electron chi connectivity index (χ0n) is 12.6. The molecule has 0 aliphatic carbocycles. The van der Waals surface area contributed by atoms with Crippen molar-refractivity contribution in [2.24, 2.45) is 0 Å². The minimum atomic E-state index is -1.02. The molecule has 1 saturated heterocycles. The molecular formula is C13H20BrNO6. The van der Waals surface area contributed by atoms with Gasteiger partial charge >= 0.3 is 12.1 Å². The van der Waals surface area contributed by atoms with E-state index in [2.05, 4.69) is 20.7 Å². The lowest BCUT2D eigenvalue weighted by molar-refractivity contribution is -0.149. The number of esters is 1. The number of halogens is 1. The molecule has 0 aromatic rings. The van der Waals surface area contributed by atoms with Crippen LogP contribution in [0.4, 0.5) is 4.79 Å². The fourth-order valence-corrected chi connectivity index (χ4v) is 2.10. The van der Waals surface area contributed by atoms with Crippen molar-refractivity contribution in [1.29, 1.82) is 0 Å². The normalized spacial score (nSPS) is 22.3. The Balaban J connectivity index is 2.92. The highest BCUT2D eigenvalue weighted by Gasteiger charge is 2.49. The highest BCUT2D eigenvalue weighted by molar-refractivity contribution is 9.09. The molecule has 7 nitrogen and oxygen atoms in total. The van der Waals surface area contributed by atoms with E-state index in [1.807, 2.05) is 0 Å². The van der Waals surface area contributed by atoms with Gasteiger partial charge in [0.15, 0.2) is 0 Å². The smallest absolute Gasteiger partial charge is 0.417 e. The van der Waals surface area contributed by atoms with Crippen LogP contribution in [-0.2, 0) is 23.8 Å². The number of hydrogen-bond acceptors (Lipinski definition) is 6. The fourth-order valence-electron chi connectivity index (χ4n) is 1.91. The summed E-state index contributed by atoms with van der Waals surface area (Å²) in [5.74, 6) is -1.25. The molecule has 0 unspecified atom stereocenters. The third kappa shape index (κ3) is 4.67. The van der Waals surface area contributed by atoms with Gasteiger partial charge in [0.25, 0.3) is 5.91 Å². The molecule has 1 aliphatic heterocycles. The van der Waals surface area contributed by atoms with Gasteiger partial charge in [-0.25, -0.2) is 14.5 Å². The van der Waals surface area contributed by atoms with Crippen molar-refractivity contribution >= 4 is 33.9 Å². The lowest BCUT2D eigenvalue weighted by atomic mass is 10.2. The lowest BCUT2D eigenvalue weighted by Crippen LogP contribution is -2.46. The molecule has 0 aromatic carbocycles. The number of carbonyl (C=O) groups is 3. The number of imide groups is 1. The van der Waals surface area contributed by atoms with E-state index >= 15 is 0 Å². The van der Waals surface area contributed by atoms with Gasteiger partial charge < -0.3 is 14.2 Å². The third-order valence-corrected chi connectivity index (χ3v) is 3.05. The molecule has 0 aromatic heterocycles. The van der Waals surface area contributed by atoms with Gasteiger partial charge in [-0.15, -0.1) is 0 Å². The van der Waals surface area contributed by atoms with Crippen LogP contribution in [-0.4, -0.2) is 59.7 Å². The van der Waals surface area contributed by atoms with E-state index in [1.165, 1.54) is 7.11 Å². The minimum Gasteiger partial charge on any atom is -0.467 e. The van der Waals surface area contributed by atoms with Gasteiger partial charge in [-0.1, -0.05) is 15.9 Å². The van der Waals surface area contributed by atoms with Crippen molar-refractivity contribution in [3.05, 3.63) is 0 Å². The second kappa shape index (κ2) is 7.22. The number of rotatable bonds is 4. The molecule has 2 atom stereocenters. The van der Waals surface area contributed by atoms with Crippen molar-refractivity contribution in [2.45, 2.75) is 44.9 Å². The lowest BCUT2D eigenvalue weighted by Gasteiger charge is -2.26. The average molecular weight is 366 g/mol. The summed E-state index contributed by atoms with van der Waals surface area (Å²) in [6, 6.07) is -1.02. The standard InChI is InChI=1S/C13H20BrNO6/c1-13(2,3)21-12(18)15-8(11(17)19-4)7-9(10(15)16)20-6-5-14/h8-9H,5-7H2,1-4H3/t8-,9-/m0/s1. The SMILES string of the molecule is COC(=O)[C@@H]1C[C@H](OCCBr)C(=O)N1C(=O)OC(C)(C)C. The summed E-state index contributed by atoms with van der Waals surface area (Å²) in [5.41, 5.74) is -0.771. The van der Waals surface area contributed by atoms with Crippen LogP contribution in [0.1, 0.15) is 27.2 Å². The first-order chi connectivity index (χ1) is 9.71. The van der Waals surface area contributed by atoms with Gasteiger partial charge in [0.1, 0.15) is 17.7 Å². The molecule has 1 rings (SSSR count). The monoisotopic (exact) mass is 365 g/mol. The quantitative estimate of drug-likeness (QED) is 0.554. The molecule has 0 radical (unpaired) electrons. The molecule has 1 heterocycles. The average Bonchev–Trinajstić information content (AvgIpc) is 2.70. The van der Waals surface area contributed by atoms with Crippen LogP contribution in [0.3, 0.4) is 0 Å². The Labute approximate surface area is 132 Å². The Bertz CT molecular complexity index is 419. The van der Waals surface area contributed by atoms with Gasteiger partial charge in [0.05, 0.1) is 13.7 Å². The molecule has 2 amide bonds. The van der Waals surface area contributed by atoms with Crippen LogP contribution < -0.4 is 0 Å². The van der Waals surface area contributed by atoms with Crippen molar-refractivity contribution in [2.75, 3.05) is 19.0 Å². The Hall–Kier alpha value is -1.15. The molecule has 1 fully saturated rings. The van der Waals surface area contributed by atoms with Crippen molar-refractivity contribution < 1.29 is 28.6 Å². The number of methoxy groups -OCH3 is 1. The number of nitrogens with zero attached hydrogens (tertiary/aromatic N) is 1. The molecule has 0 spiro atoms. The Morgan fingerprint density at radius 1 is 1.38 bits per heavy atom. The van der Waals surface area contributed by atoms with Crippen molar-refractivity contribution in [3.8, 4) is 0 Å². The van der Waals surface area contributed by atoms with Crippen LogP contribution in [0.5, 0.6) is 0 Å². The van der Waals surface area contributed by atoms with E-state index in [4.69, 9.17) is 9.47 Å². The van der Waals surface area contributed by atoms with Crippen LogP contribution in [0.2, 0.25) is 0 Å². The fraction of sp³-hybridized carbons (Fsp3) is 0.769. The molecule has 0 bridgehead atoms. The summed E-state index contributed by atoms with van der Waals surface area (Å²) in [4.78, 5) is 36.9. The molecule has 8 heteroatoms. The van der Waals surface area contributed by atoms with Gasteiger partial charge in [-0.2, -0.15) is 0 Å². The Kier molecular flexibility index (Phi) is 6.15. The molecule has 1 aliphatic rings. The summed E-state index contributed by atoms with van der Waals surface area (Å²) in [5, 5.41) is 0.548. The van der Waals surface area contributed by atoms with Crippen LogP contribution in [0, 0.1) is 0 Å². The predicted octanol–water partition coefficient (Wildman–Crippen LogP) is 1.48. The van der Waals surface area contributed by atoms with E-state index < -0.39 is 35.7 Å². The molecule has 21 heavy (non-hydrogen) atoms. The van der Waals surface area contributed by atoms with Gasteiger partial charge in [0, 0.05) is 11.8 Å². The van der Waals surface area contributed by atoms with Gasteiger partial charge in [-0.3, -0.25) is 4.79 Å². The predicted molar refractivity (Wildman–Crippen MR) is 77.0 cm³/mol. The van der Waals surface area contributed by atoms with E-state index in [1.54, 1.807) is 20.8 Å². The molecule has 120 valence electrons. The van der Waals surface area contributed by atoms with Crippen LogP contribution in [0.25, 0.3) is 0 Å². The maximum absolute atomic E-state index is 12.2. The number of carbonyl (C=O) groups excluding carboxylic acids is 3. The number of likely N-dealkylation sites (tertiary alicyclic amines) is 1. The van der Waals surface area contributed by atoms with Crippen molar-refractivity contribution in [3.63, 3.8) is 0 Å². The highest BCUT2D eigenvalue weighted by atomic mass is 79.9. The third-order valence-electron chi connectivity index (χ3n) is 2.72. The first kappa shape index (κ1) is 17.9. The van der Waals surface area contributed by atoms with Crippen molar-refractivity contribution in [1.82, 2.24) is 4.90 Å². The largest absolute Gasteiger partial charge is 0.467 e. The minimum absolute atomic E-state index is 0.0672. The maximum Gasteiger partial charge on any atom is 0.417 e. The zero-order valence-corrected chi connectivity index (χ0v) is 14.1. The number of hydrogen-bond donors (Lipinski definition) is 0. The first-order valence-electron chi connectivity index (χ1n) is 6.52. The first-order valence-corrected chi connectivity index (χ1v) is 7.65. The second-order valence-electron chi connectivity index (χ2n) is 5.51. The van der Waals surface area contributed by atoms with E-state index in [0.29, 0.717) is 11.9 Å². The summed E-state index contributed by atoms with van der Waals surface area (Å²) in [6.07, 6.45) is -1.65. The maximum atomic E-state index is 12.2. The van der Waals surface area contributed by atoms with Crippen LogP contribution in [0.15, 0.2) is 0 Å². The zero-order chi connectivity index (χ0) is 16.2. The van der Waals surface area contributed by atoms with Gasteiger partial charge in [0.2, 0.25) is 0 Å². The summed E-state index contributed by atoms with van der Waals surface area (Å²) >= 11 is 3.18. The van der Waals surface area contributed by atoms with E-state index in [0.717, 1.165) is 4.90 Å². The highest BCUT2D eigenvalue weighted by Crippen LogP contribution is 2.25. The van der Waals surface area contributed by atoms with Crippen LogP contribution >= 0.6 is 15.9 Å². The Morgan fingerprint density at radius 2 is 2.00 bits per heavy atom. The van der Waals surface area contributed by atoms with E-state index in [-0.39, 0.29) is 6.42 Å². The number of ether oxygens (including phenoxy) is 3. The molecule has 0 saturated carbocycles. The Morgan fingerprint density at radius 3 is 2.48 bits per heavy atom. The summed E-state index contributed by atoms with van der Waals surface area (Å²) in [6.45, 7) is 5.33. The van der Waals surface area contributed by atoms with Gasteiger partial charge in [-0.05, 0) is 20.8 Å². The van der Waals surface area contributed by atoms with E-state index in [9.17, 15) is 14.4 Å². The number of alkyl halides is 1. The second-order valence-corrected chi connectivity index (χ2v) is 6.30. The molecular weight excluding hydrogens is 346 g/mol.